The lowest BCUT2D eigenvalue weighted by atomic mass is 10.0. The standard InChI is InChI=1S/C39H43FN6O5S/c1-26-15-16-29-30(17-18-33(40)32(29)25-52(48,49)45(5)23-27-11-7-6-8-12-27)35(26)50-36-31(14-9-20-41-36)34-19-21-42-37(44-34)43-28-13-10-22-46(24-28)38(47)51-39(2,3)4/h6-9,11-12,14-21,28H,10,13,22-25H2,1-5H3,(H,42,43,44)/t28-/m0/s1. The molecule has 272 valence electrons. The van der Waals surface area contributed by atoms with Crippen LogP contribution in [0.15, 0.2) is 85.2 Å². The summed E-state index contributed by atoms with van der Waals surface area (Å²) in [7, 11) is -2.39. The van der Waals surface area contributed by atoms with E-state index in [9.17, 15) is 13.2 Å². The minimum atomic E-state index is -3.89. The third-order valence-corrected chi connectivity index (χ3v) is 10.5. The summed E-state index contributed by atoms with van der Waals surface area (Å²) in [6, 6.07) is 20.9. The highest BCUT2D eigenvalue weighted by Gasteiger charge is 2.28. The zero-order valence-corrected chi connectivity index (χ0v) is 30.8. The molecule has 3 aromatic carbocycles. The number of ether oxygens (including phenoxy) is 2. The molecule has 1 atom stereocenters. The molecule has 5 aromatic rings. The van der Waals surface area contributed by atoms with Gasteiger partial charge in [0.15, 0.2) is 0 Å². The number of sulfonamides is 1. The number of nitrogens with zero attached hydrogens (tertiary/aromatic N) is 5. The lowest BCUT2D eigenvalue weighted by molar-refractivity contribution is 0.0206. The number of aromatic nitrogens is 3. The summed E-state index contributed by atoms with van der Waals surface area (Å²) in [6.45, 7) is 8.64. The Balaban J connectivity index is 1.25. The van der Waals surface area contributed by atoms with E-state index in [2.05, 4.69) is 15.3 Å². The number of pyridine rings is 1. The van der Waals surface area contributed by atoms with Gasteiger partial charge >= 0.3 is 6.09 Å². The molecule has 1 saturated heterocycles. The molecule has 0 unspecified atom stereocenters. The monoisotopic (exact) mass is 726 g/mol. The molecule has 0 bridgehead atoms. The zero-order chi connectivity index (χ0) is 37.0. The van der Waals surface area contributed by atoms with Crippen molar-refractivity contribution in [3.8, 4) is 22.9 Å². The molecule has 52 heavy (non-hydrogen) atoms. The Morgan fingerprint density at radius 1 is 1.00 bits per heavy atom. The van der Waals surface area contributed by atoms with E-state index in [1.54, 1.807) is 47.6 Å². The van der Waals surface area contributed by atoms with Crippen molar-refractivity contribution in [3.63, 3.8) is 0 Å². The number of hydrogen-bond donors (Lipinski definition) is 1. The second-order valence-electron chi connectivity index (χ2n) is 14.0. The predicted octanol–water partition coefficient (Wildman–Crippen LogP) is 7.70. The number of piperidine rings is 1. The first-order valence-electron chi connectivity index (χ1n) is 17.2. The molecular weight excluding hydrogens is 684 g/mol. The van der Waals surface area contributed by atoms with Crippen LogP contribution in [0.3, 0.4) is 0 Å². The van der Waals surface area contributed by atoms with Crippen molar-refractivity contribution in [2.75, 3.05) is 25.5 Å². The summed E-state index contributed by atoms with van der Waals surface area (Å²) in [5.41, 5.74) is 2.20. The zero-order valence-electron chi connectivity index (χ0n) is 30.0. The number of amides is 1. The first-order chi connectivity index (χ1) is 24.8. The molecule has 11 nitrogen and oxygen atoms in total. The summed E-state index contributed by atoms with van der Waals surface area (Å²) < 4.78 is 55.7. The van der Waals surface area contributed by atoms with Crippen LogP contribution in [0.4, 0.5) is 15.1 Å². The van der Waals surface area contributed by atoms with E-state index >= 15 is 4.39 Å². The normalized spacial score (nSPS) is 15.1. The number of fused-ring (bicyclic) bond motifs is 1. The molecule has 1 fully saturated rings. The van der Waals surface area contributed by atoms with Gasteiger partial charge in [-0.15, -0.1) is 0 Å². The third kappa shape index (κ3) is 8.65. The smallest absolute Gasteiger partial charge is 0.410 e. The molecule has 1 N–H and O–H groups in total. The number of anilines is 1. The quantitative estimate of drug-likeness (QED) is 0.154. The SMILES string of the molecule is Cc1ccc2c(CS(=O)(=O)N(C)Cc3ccccc3)c(F)ccc2c1Oc1ncccc1-c1ccnc(N[C@H]2CCCN(C(=O)OC(C)(C)C)C2)n1. The number of carbonyl (C=O) groups excluding carboxylic acids is 1. The van der Waals surface area contributed by atoms with Gasteiger partial charge in [0.1, 0.15) is 17.2 Å². The van der Waals surface area contributed by atoms with Crippen molar-refractivity contribution in [3.05, 3.63) is 108 Å². The fraction of sp³-hybridized carbons (Fsp3) is 0.333. The first-order valence-corrected chi connectivity index (χ1v) is 18.8. The van der Waals surface area contributed by atoms with Crippen molar-refractivity contribution in [1.29, 1.82) is 0 Å². The Hall–Kier alpha value is -5.14. The molecular formula is C39H43FN6O5S. The first kappa shape index (κ1) is 36.6. The van der Waals surface area contributed by atoms with Gasteiger partial charge in [-0.05, 0) is 87.4 Å². The van der Waals surface area contributed by atoms with Gasteiger partial charge in [-0.3, -0.25) is 0 Å². The highest BCUT2D eigenvalue weighted by atomic mass is 32.2. The second kappa shape index (κ2) is 15.2. The Morgan fingerprint density at radius 3 is 2.54 bits per heavy atom. The summed E-state index contributed by atoms with van der Waals surface area (Å²) in [4.78, 5) is 28.1. The van der Waals surface area contributed by atoms with E-state index in [0.717, 1.165) is 24.0 Å². The van der Waals surface area contributed by atoms with Crippen molar-refractivity contribution >= 4 is 32.8 Å². The molecule has 13 heteroatoms. The van der Waals surface area contributed by atoms with E-state index in [-0.39, 0.29) is 30.1 Å². The molecule has 0 aliphatic carbocycles. The maximum atomic E-state index is 15.4. The molecule has 2 aromatic heterocycles. The van der Waals surface area contributed by atoms with Gasteiger partial charge in [-0.25, -0.2) is 36.9 Å². The van der Waals surface area contributed by atoms with Gasteiger partial charge in [-0.1, -0.05) is 42.5 Å². The maximum Gasteiger partial charge on any atom is 0.410 e. The predicted molar refractivity (Wildman–Crippen MR) is 199 cm³/mol. The van der Waals surface area contributed by atoms with E-state index in [1.807, 2.05) is 64.1 Å². The van der Waals surface area contributed by atoms with Crippen molar-refractivity contribution < 1.29 is 27.1 Å². The fourth-order valence-corrected chi connectivity index (χ4v) is 7.37. The number of benzene rings is 3. The second-order valence-corrected chi connectivity index (χ2v) is 16.0. The number of rotatable bonds is 10. The van der Waals surface area contributed by atoms with Crippen LogP contribution in [0.25, 0.3) is 22.0 Å². The highest BCUT2D eigenvalue weighted by Crippen LogP contribution is 2.38. The van der Waals surface area contributed by atoms with Crippen molar-refractivity contribution in [1.82, 2.24) is 24.2 Å². The number of halogens is 1. The van der Waals surface area contributed by atoms with Crippen LogP contribution in [-0.2, 0) is 27.1 Å². The molecule has 0 saturated carbocycles. The number of nitrogens with one attached hydrogen (secondary N) is 1. The van der Waals surface area contributed by atoms with Gasteiger partial charge in [0.25, 0.3) is 0 Å². The number of carbonyl (C=O) groups is 1. The van der Waals surface area contributed by atoms with Crippen LogP contribution in [0.5, 0.6) is 11.6 Å². The Morgan fingerprint density at radius 2 is 1.77 bits per heavy atom. The lowest BCUT2D eigenvalue weighted by Gasteiger charge is -2.34. The van der Waals surface area contributed by atoms with Crippen LogP contribution < -0.4 is 10.1 Å². The van der Waals surface area contributed by atoms with Gasteiger partial charge in [0.05, 0.1) is 17.0 Å². The van der Waals surface area contributed by atoms with Crippen LogP contribution in [0, 0.1) is 12.7 Å². The van der Waals surface area contributed by atoms with Crippen molar-refractivity contribution in [2.45, 2.75) is 64.5 Å². The molecule has 0 radical (unpaired) electrons. The molecule has 1 amide bonds. The maximum absolute atomic E-state index is 15.4. The average Bonchev–Trinajstić information content (AvgIpc) is 3.11. The average molecular weight is 727 g/mol. The summed E-state index contributed by atoms with van der Waals surface area (Å²) >= 11 is 0. The molecule has 3 heterocycles. The Kier molecular flexibility index (Phi) is 10.7. The van der Waals surface area contributed by atoms with Crippen LogP contribution in [-0.4, -0.2) is 70.4 Å². The Bertz CT molecular complexity index is 2180. The molecule has 6 rings (SSSR count). The largest absolute Gasteiger partial charge is 0.444 e. The molecule has 1 aliphatic rings. The minimum absolute atomic E-state index is 0.0583. The van der Waals surface area contributed by atoms with Crippen molar-refractivity contribution in [2.24, 2.45) is 0 Å². The van der Waals surface area contributed by atoms with E-state index in [0.29, 0.717) is 46.8 Å². The Labute approximate surface area is 303 Å². The molecule has 1 aliphatic heterocycles. The van der Waals surface area contributed by atoms with Gasteiger partial charge in [0, 0.05) is 56.1 Å². The number of likely N-dealkylation sites (tertiary alicyclic amines) is 1. The fourth-order valence-electron chi connectivity index (χ4n) is 6.15. The minimum Gasteiger partial charge on any atom is -0.444 e. The lowest BCUT2D eigenvalue weighted by Crippen LogP contribution is -2.47. The van der Waals surface area contributed by atoms with Crippen LogP contribution in [0.2, 0.25) is 0 Å². The van der Waals surface area contributed by atoms with E-state index in [4.69, 9.17) is 14.5 Å². The highest BCUT2D eigenvalue weighted by molar-refractivity contribution is 7.88. The van der Waals surface area contributed by atoms with Gasteiger partial charge < -0.3 is 19.7 Å². The van der Waals surface area contributed by atoms with E-state index < -0.39 is 27.2 Å². The topological polar surface area (TPSA) is 127 Å². The summed E-state index contributed by atoms with van der Waals surface area (Å²) in [5.74, 6) is -0.0680. The molecule has 0 spiro atoms. The third-order valence-electron chi connectivity index (χ3n) is 8.76. The summed E-state index contributed by atoms with van der Waals surface area (Å²) in [6.07, 6.45) is 4.54. The van der Waals surface area contributed by atoms with Gasteiger partial charge in [-0.2, -0.15) is 0 Å². The number of hydrogen-bond acceptors (Lipinski definition) is 9. The van der Waals surface area contributed by atoms with E-state index in [1.165, 1.54) is 17.4 Å². The van der Waals surface area contributed by atoms with Crippen LogP contribution in [0.1, 0.15) is 50.3 Å². The number of aryl methyl sites for hydroxylation is 1. The van der Waals surface area contributed by atoms with Gasteiger partial charge in [0.2, 0.25) is 21.9 Å². The summed E-state index contributed by atoms with van der Waals surface area (Å²) in [5, 5.41) is 4.35. The van der Waals surface area contributed by atoms with Crippen LogP contribution >= 0.6 is 0 Å².